The van der Waals surface area contributed by atoms with Crippen LogP contribution in [0.3, 0.4) is 0 Å². The first-order valence-corrected chi connectivity index (χ1v) is 5.95. The molecule has 0 saturated carbocycles. The largest absolute Gasteiger partial charge is 0.380 e. The van der Waals surface area contributed by atoms with Gasteiger partial charge < -0.3 is 5.11 Å². The number of Topliss-reactive ketones (excluding diaryl/α,β-unsaturated/α-hetero) is 1. The van der Waals surface area contributed by atoms with Gasteiger partial charge in [-0.15, -0.1) is 10.1 Å². The summed E-state index contributed by atoms with van der Waals surface area (Å²) in [5, 5.41) is 19.1. The molecule has 0 amide bonds. The van der Waals surface area contributed by atoms with E-state index in [9.17, 15) is 20.0 Å². The number of aliphatic hydroxyl groups is 1. The highest BCUT2D eigenvalue weighted by Gasteiger charge is 2.22. The zero-order valence-electron chi connectivity index (χ0n) is 10.7. The van der Waals surface area contributed by atoms with Crippen molar-refractivity contribution >= 4 is 5.78 Å². The average molecular weight is 289 g/mol. The predicted molar refractivity (Wildman–Crippen MR) is 70.9 cm³/mol. The van der Waals surface area contributed by atoms with Gasteiger partial charge in [0.2, 0.25) is 0 Å². The molecule has 7 heteroatoms. The van der Waals surface area contributed by atoms with E-state index >= 15 is 0 Å². The molecule has 0 radical (unpaired) electrons. The van der Waals surface area contributed by atoms with Crippen LogP contribution in [0.4, 0.5) is 0 Å². The van der Waals surface area contributed by atoms with Crippen molar-refractivity contribution in [2.24, 2.45) is 0 Å². The Kier molecular flexibility index (Phi) is 4.47. The maximum atomic E-state index is 12.3. The van der Waals surface area contributed by atoms with E-state index in [0.29, 0.717) is 5.56 Å². The van der Waals surface area contributed by atoms with E-state index in [1.54, 1.807) is 36.4 Å². The molecule has 2 rings (SSSR count). The van der Waals surface area contributed by atoms with Crippen LogP contribution in [-0.4, -0.2) is 16.0 Å². The standard InChI is InChI=1S/C14H11NO6/c16-13(10-6-2-1-3-7-10)14(17)11-8-4-5-9-12(11)20-21-15(18)19/h1-9,13,16H. The molecule has 0 aromatic heterocycles. The Morgan fingerprint density at radius 1 is 1.10 bits per heavy atom. The van der Waals surface area contributed by atoms with Gasteiger partial charge in [-0.3, -0.25) is 9.68 Å². The van der Waals surface area contributed by atoms with Crippen LogP contribution in [0.2, 0.25) is 0 Å². The lowest BCUT2D eigenvalue weighted by Gasteiger charge is -2.12. The Labute approximate surface area is 119 Å². The molecular weight excluding hydrogens is 278 g/mol. The van der Waals surface area contributed by atoms with Gasteiger partial charge >= 0.3 is 5.09 Å². The number of hydrogen-bond acceptors (Lipinski definition) is 6. The second-order valence-corrected chi connectivity index (χ2v) is 4.06. The number of rotatable bonds is 6. The van der Waals surface area contributed by atoms with Gasteiger partial charge in [0.05, 0.1) is 5.56 Å². The highest BCUT2D eigenvalue weighted by Crippen LogP contribution is 2.25. The maximum absolute atomic E-state index is 12.3. The fraction of sp³-hybridized carbons (Fsp3) is 0.0714. The van der Waals surface area contributed by atoms with Gasteiger partial charge in [0.1, 0.15) is 6.10 Å². The smallest absolute Gasteiger partial charge is 0.331 e. The first-order chi connectivity index (χ1) is 10.1. The van der Waals surface area contributed by atoms with Crippen molar-refractivity contribution in [1.82, 2.24) is 0 Å². The van der Waals surface area contributed by atoms with Crippen molar-refractivity contribution in [2.45, 2.75) is 6.10 Å². The summed E-state index contributed by atoms with van der Waals surface area (Å²) in [5.41, 5.74) is 0.392. The number of carbonyl (C=O) groups excluding carboxylic acids is 1. The van der Waals surface area contributed by atoms with Crippen molar-refractivity contribution in [1.29, 1.82) is 0 Å². The molecule has 21 heavy (non-hydrogen) atoms. The Bertz CT molecular complexity index is 643. The third-order valence-electron chi connectivity index (χ3n) is 2.70. The molecule has 1 atom stereocenters. The van der Waals surface area contributed by atoms with E-state index in [1.165, 1.54) is 18.2 Å². The van der Waals surface area contributed by atoms with Gasteiger partial charge in [-0.2, -0.15) is 0 Å². The maximum Gasteiger partial charge on any atom is 0.331 e. The van der Waals surface area contributed by atoms with E-state index in [4.69, 9.17) is 0 Å². The SMILES string of the molecule is O=C(c1ccccc1OO[N+](=O)[O-])C(O)c1ccccc1. The molecule has 1 N–H and O–H groups in total. The summed E-state index contributed by atoms with van der Waals surface area (Å²) in [5.74, 6) is -0.794. The molecule has 0 aliphatic carbocycles. The second-order valence-electron chi connectivity index (χ2n) is 4.06. The molecule has 0 aliphatic rings. The van der Waals surface area contributed by atoms with E-state index < -0.39 is 17.0 Å². The van der Waals surface area contributed by atoms with Gasteiger partial charge in [0, 0.05) is 0 Å². The van der Waals surface area contributed by atoms with E-state index in [0.717, 1.165) is 0 Å². The zero-order chi connectivity index (χ0) is 15.2. The summed E-state index contributed by atoms with van der Waals surface area (Å²) >= 11 is 0. The monoisotopic (exact) mass is 289 g/mol. The zero-order valence-corrected chi connectivity index (χ0v) is 10.7. The lowest BCUT2D eigenvalue weighted by molar-refractivity contribution is -0.832. The molecule has 2 aromatic carbocycles. The Morgan fingerprint density at radius 2 is 1.71 bits per heavy atom. The van der Waals surface area contributed by atoms with Crippen molar-refractivity contribution in [3.63, 3.8) is 0 Å². The molecule has 2 aromatic rings. The number of benzene rings is 2. The van der Waals surface area contributed by atoms with E-state index in [1.807, 2.05) is 0 Å². The normalized spacial score (nSPS) is 11.5. The van der Waals surface area contributed by atoms with Gasteiger partial charge in [-0.05, 0) is 17.7 Å². The number of nitrogens with zero attached hydrogens (tertiary/aromatic N) is 1. The lowest BCUT2D eigenvalue weighted by atomic mass is 9.99. The molecule has 0 spiro atoms. The number of carbonyl (C=O) groups is 1. The molecule has 108 valence electrons. The van der Waals surface area contributed by atoms with Crippen molar-refractivity contribution in [2.75, 3.05) is 0 Å². The van der Waals surface area contributed by atoms with Crippen LogP contribution in [0.1, 0.15) is 22.0 Å². The summed E-state index contributed by atoms with van der Waals surface area (Å²) in [6.45, 7) is 0. The molecule has 7 nitrogen and oxygen atoms in total. The highest BCUT2D eigenvalue weighted by atomic mass is 17.3. The summed E-state index contributed by atoms with van der Waals surface area (Å²) in [7, 11) is 0. The predicted octanol–water partition coefficient (Wildman–Crippen LogP) is 2.10. The van der Waals surface area contributed by atoms with Gasteiger partial charge in [0.25, 0.3) is 0 Å². The minimum atomic E-state index is -1.40. The first-order valence-electron chi connectivity index (χ1n) is 5.95. The van der Waals surface area contributed by atoms with Crippen LogP contribution in [-0.2, 0) is 4.99 Å². The minimum Gasteiger partial charge on any atom is -0.380 e. The quantitative estimate of drug-likeness (QED) is 0.378. The fourth-order valence-corrected chi connectivity index (χ4v) is 1.75. The van der Waals surface area contributed by atoms with Crippen molar-refractivity contribution in [3.05, 3.63) is 75.8 Å². The summed E-state index contributed by atoms with van der Waals surface area (Å²) < 4.78 is 0. The summed E-state index contributed by atoms with van der Waals surface area (Å²) in [6.07, 6.45) is -1.40. The van der Waals surface area contributed by atoms with Crippen LogP contribution >= 0.6 is 0 Å². The van der Waals surface area contributed by atoms with Gasteiger partial charge in [0.15, 0.2) is 11.5 Å². The Morgan fingerprint density at radius 3 is 2.38 bits per heavy atom. The molecule has 0 saturated heterocycles. The minimum absolute atomic E-state index is 0.0179. The number of aliphatic hydroxyl groups excluding tert-OH is 1. The van der Waals surface area contributed by atoms with Gasteiger partial charge in [-0.1, -0.05) is 47.5 Å². The molecule has 0 heterocycles. The van der Waals surface area contributed by atoms with Crippen molar-refractivity contribution in [3.8, 4) is 5.75 Å². The Balaban J connectivity index is 2.25. The third kappa shape index (κ3) is 3.54. The van der Waals surface area contributed by atoms with E-state index in [2.05, 4.69) is 9.88 Å². The topological polar surface area (TPSA) is 98.9 Å². The lowest BCUT2D eigenvalue weighted by Crippen LogP contribution is -2.14. The number of ketones is 1. The van der Waals surface area contributed by atoms with Crippen LogP contribution in [0, 0.1) is 10.1 Å². The molecule has 1 unspecified atom stereocenters. The molecule has 0 aliphatic heterocycles. The van der Waals surface area contributed by atoms with E-state index in [-0.39, 0.29) is 11.3 Å². The van der Waals surface area contributed by atoms with Crippen LogP contribution in [0.25, 0.3) is 0 Å². The summed E-state index contributed by atoms with van der Waals surface area (Å²) in [6, 6.07) is 14.1. The second kappa shape index (κ2) is 6.49. The number of para-hydroxylation sites is 1. The highest BCUT2D eigenvalue weighted by molar-refractivity contribution is 6.02. The fourth-order valence-electron chi connectivity index (χ4n) is 1.75. The molecule has 0 bridgehead atoms. The van der Waals surface area contributed by atoms with Crippen LogP contribution < -0.4 is 4.89 Å². The summed E-state index contributed by atoms with van der Waals surface area (Å²) in [4.78, 5) is 30.7. The average Bonchev–Trinajstić information content (AvgIpc) is 2.52. The van der Waals surface area contributed by atoms with Crippen LogP contribution in [0.5, 0.6) is 5.75 Å². The number of hydrogen-bond donors (Lipinski definition) is 1. The van der Waals surface area contributed by atoms with Crippen molar-refractivity contribution < 1.29 is 24.9 Å². The molecule has 0 fully saturated rings. The molecular formula is C14H11NO6. The van der Waals surface area contributed by atoms with Crippen LogP contribution in [0.15, 0.2) is 54.6 Å². The first kappa shape index (κ1) is 14.5. The Hall–Kier alpha value is -2.93. The third-order valence-corrected chi connectivity index (χ3v) is 2.70. The van der Waals surface area contributed by atoms with Gasteiger partial charge in [-0.25, -0.2) is 0 Å².